The molecule has 0 aliphatic carbocycles. The van der Waals surface area contributed by atoms with Crippen molar-refractivity contribution < 1.29 is 23.9 Å². The van der Waals surface area contributed by atoms with Crippen molar-refractivity contribution >= 4 is 17.8 Å². The van der Waals surface area contributed by atoms with Gasteiger partial charge in [-0.25, -0.2) is 9.59 Å². The van der Waals surface area contributed by atoms with Crippen molar-refractivity contribution in [2.75, 3.05) is 13.2 Å². The molecule has 0 aromatic heterocycles. The summed E-state index contributed by atoms with van der Waals surface area (Å²) in [4.78, 5) is 36.9. The summed E-state index contributed by atoms with van der Waals surface area (Å²) in [5, 5.41) is 2.75. The van der Waals surface area contributed by atoms with Crippen LogP contribution in [0.5, 0.6) is 0 Å². The molecule has 6 nitrogen and oxygen atoms in total. The number of hydrogen-bond acceptors (Lipinski definition) is 5. The Morgan fingerprint density at radius 3 is 1.37 bits per heavy atom. The number of hydrogen-bond donors (Lipinski definition) is 1. The first-order chi connectivity index (χ1) is 14.6. The number of rotatable bonds is 8. The molecule has 0 saturated heterocycles. The summed E-state index contributed by atoms with van der Waals surface area (Å²) in [6, 6.07) is 25.0. The van der Waals surface area contributed by atoms with Crippen molar-refractivity contribution in [3.05, 3.63) is 108 Å². The molecule has 1 N–H and O–H groups in total. The van der Waals surface area contributed by atoms with Crippen molar-refractivity contribution in [1.29, 1.82) is 0 Å². The fraction of sp³-hybridized carbons (Fsp3) is 0.125. The second-order valence-corrected chi connectivity index (χ2v) is 6.47. The van der Waals surface area contributed by atoms with Crippen LogP contribution < -0.4 is 5.32 Å². The quantitative estimate of drug-likeness (QED) is 0.582. The highest BCUT2D eigenvalue weighted by Gasteiger charge is 2.19. The summed E-state index contributed by atoms with van der Waals surface area (Å²) >= 11 is 0. The van der Waals surface area contributed by atoms with Crippen LogP contribution in [0.1, 0.15) is 31.1 Å². The molecule has 6 heteroatoms. The van der Waals surface area contributed by atoms with Gasteiger partial charge in [0.1, 0.15) is 13.2 Å². The number of amides is 1. The van der Waals surface area contributed by atoms with Gasteiger partial charge in [-0.15, -0.1) is 0 Å². The van der Waals surface area contributed by atoms with Gasteiger partial charge in [-0.1, -0.05) is 54.6 Å². The highest BCUT2D eigenvalue weighted by atomic mass is 16.5. The lowest BCUT2D eigenvalue weighted by Crippen LogP contribution is -2.42. The topological polar surface area (TPSA) is 81.7 Å². The van der Waals surface area contributed by atoms with Gasteiger partial charge in [0, 0.05) is 5.56 Å². The van der Waals surface area contributed by atoms with Crippen molar-refractivity contribution in [3.63, 3.8) is 0 Å². The van der Waals surface area contributed by atoms with Crippen LogP contribution in [0.2, 0.25) is 0 Å². The Kier molecular flexibility index (Phi) is 7.33. The normalized spacial score (nSPS) is 10.3. The van der Waals surface area contributed by atoms with E-state index in [0.29, 0.717) is 16.7 Å². The molecule has 0 radical (unpaired) electrons. The average molecular weight is 403 g/mol. The van der Waals surface area contributed by atoms with E-state index >= 15 is 0 Å². The van der Waals surface area contributed by atoms with E-state index in [0.717, 1.165) is 0 Å². The van der Waals surface area contributed by atoms with Crippen LogP contribution >= 0.6 is 0 Å². The maximum Gasteiger partial charge on any atom is 0.338 e. The lowest BCUT2D eigenvalue weighted by atomic mass is 10.2. The zero-order valence-electron chi connectivity index (χ0n) is 16.2. The molecule has 0 bridgehead atoms. The van der Waals surface area contributed by atoms with Gasteiger partial charge in [-0.05, 0) is 36.4 Å². The highest BCUT2D eigenvalue weighted by molar-refractivity contribution is 5.94. The van der Waals surface area contributed by atoms with Gasteiger partial charge in [0.05, 0.1) is 17.2 Å². The predicted octanol–water partition coefficient (Wildman–Crippen LogP) is 3.50. The number of carbonyl (C=O) groups excluding carboxylic acids is 3. The fourth-order valence-corrected chi connectivity index (χ4v) is 2.66. The maximum absolute atomic E-state index is 12.5. The molecule has 30 heavy (non-hydrogen) atoms. The monoisotopic (exact) mass is 403 g/mol. The molecule has 0 aliphatic heterocycles. The smallest absolute Gasteiger partial charge is 0.338 e. The number of ether oxygens (including phenoxy) is 2. The lowest BCUT2D eigenvalue weighted by Gasteiger charge is -2.19. The van der Waals surface area contributed by atoms with Crippen LogP contribution in [-0.2, 0) is 9.47 Å². The zero-order valence-corrected chi connectivity index (χ0v) is 16.2. The molecule has 3 rings (SSSR count). The highest BCUT2D eigenvalue weighted by Crippen LogP contribution is 2.06. The van der Waals surface area contributed by atoms with E-state index in [1.54, 1.807) is 91.0 Å². The summed E-state index contributed by atoms with van der Waals surface area (Å²) in [7, 11) is 0. The van der Waals surface area contributed by atoms with Crippen LogP contribution in [0.4, 0.5) is 0 Å². The molecular weight excluding hydrogens is 382 g/mol. The van der Waals surface area contributed by atoms with Gasteiger partial charge in [0.15, 0.2) is 0 Å². The van der Waals surface area contributed by atoms with E-state index in [1.807, 2.05) is 0 Å². The van der Waals surface area contributed by atoms with Crippen molar-refractivity contribution in [3.8, 4) is 0 Å². The van der Waals surface area contributed by atoms with E-state index in [2.05, 4.69) is 5.32 Å². The molecular formula is C24H21NO5. The van der Waals surface area contributed by atoms with Gasteiger partial charge in [-0.2, -0.15) is 0 Å². The summed E-state index contributed by atoms with van der Waals surface area (Å²) in [5.41, 5.74) is 1.24. The molecule has 0 spiro atoms. The summed E-state index contributed by atoms with van der Waals surface area (Å²) in [5.74, 6) is -1.40. The molecule has 0 aliphatic rings. The van der Waals surface area contributed by atoms with Crippen LogP contribution in [0.15, 0.2) is 91.0 Å². The summed E-state index contributed by atoms with van der Waals surface area (Å²) in [6.07, 6.45) is 0. The second-order valence-electron chi connectivity index (χ2n) is 6.47. The minimum Gasteiger partial charge on any atom is -0.460 e. The zero-order chi connectivity index (χ0) is 21.2. The number of benzene rings is 3. The predicted molar refractivity (Wildman–Crippen MR) is 111 cm³/mol. The van der Waals surface area contributed by atoms with E-state index in [9.17, 15) is 14.4 Å². The third-order valence-electron chi connectivity index (χ3n) is 4.22. The molecule has 1 amide bonds. The van der Waals surface area contributed by atoms with E-state index < -0.39 is 18.0 Å². The Bertz CT molecular complexity index is 919. The Morgan fingerprint density at radius 2 is 0.967 bits per heavy atom. The van der Waals surface area contributed by atoms with E-state index in [4.69, 9.17) is 9.47 Å². The molecule has 0 atom stereocenters. The Hall–Kier alpha value is -3.93. The van der Waals surface area contributed by atoms with Gasteiger partial charge < -0.3 is 14.8 Å². The minimum absolute atomic E-state index is 0.144. The first-order valence-electron chi connectivity index (χ1n) is 9.44. The molecule has 0 unspecified atom stereocenters. The Labute approximate surface area is 174 Å². The third kappa shape index (κ3) is 6.04. The fourth-order valence-electron chi connectivity index (χ4n) is 2.66. The molecule has 152 valence electrons. The molecule has 0 saturated carbocycles. The number of esters is 2. The third-order valence-corrected chi connectivity index (χ3v) is 4.22. The molecule has 3 aromatic rings. The van der Waals surface area contributed by atoms with Crippen LogP contribution in [0, 0.1) is 0 Å². The van der Waals surface area contributed by atoms with Crippen LogP contribution in [0.3, 0.4) is 0 Å². The first-order valence-corrected chi connectivity index (χ1v) is 9.44. The summed E-state index contributed by atoms with van der Waals surface area (Å²) < 4.78 is 10.6. The van der Waals surface area contributed by atoms with E-state index in [-0.39, 0.29) is 19.1 Å². The average Bonchev–Trinajstić information content (AvgIpc) is 2.82. The molecule has 0 heterocycles. The van der Waals surface area contributed by atoms with Crippen LogP contribution in [-0.4, -0.2) is 37.1 Å². The SMILES string of the molecule is O=C(NC(COC(=O)c1ccccc1)COC(=O)c1ccccc1)c1ccccc1. The van der Waals surface area contributed by atoms with Gasteiger partial charge in [0.25, 0.3) is 5.91 Å². The Morgan fingerprint density at radius 1 is 0.600 bits per heavy atom. The van der Waals surface area contributed by atoms with E-state index in [1.165, 1.54) is 0 Å². The summed E-state index contributed by atoms with van der Waals surface area (Å²) in [6.45, 7) is -0.289. The lowest BCUT2D eigenvalue weighted by molar-refractivity contribution is 0.0309. The number of carbonyl (C=O) groups is 3. The van der Waals surface area contributed by atoms with Crippen molar-refractivity contribution in [2.24, 2.45) is 0 Å². The first kappa shape index (κ1) is 20.8. The molecule has 0 fully saturated rings. The van der Waals surface area contributed by atoms with Gasteiger partial charge in [-0.3, -0.25) is 4.79 Å². The van der Waals surface area contributed by atoms with Crippen molar-refractivity contribution in [2.45, 2.75) is 6.04 Å². The Balaban J connectivity index is 1.63. The maximum atomic E-state index is 12.5. The standard InChI is InChI=1S/C24H21NO5/c26-22(18-10-4-1-5-11-18)25-21(16-29-23(27)19-12-6-2-7-13-19)17-30-24(28)20-14-8-3-9-15-20/h1-15,21H,16-17H2,(H,25,26). The van der Waals surface area contributed by atoms with Crippen LogP contribution in [0.25, 0.3) is 0 Å². The number of nitrogens with one attached hydrogen (secondary N) is 1. The largest absolute Gasteiger partial charge is 0.460 e. The minimum atomic E-state index is -0.710. The second kappa shape index (κ2) is 10.6. The van der Waals surface area contributed by atoms with Gasteiger partial charge in [0.2, 0.25) is 0 Å². The van der Waals surface area contributed by atoms with Gasteiger partial charge >= 0.3 is 11.9 Å². The van der Waals surface area contributed by atoms with Crippen molar-refractivity contribution in [1.82, 2.24) is 5.32 Å². The molecule has 3 aromatic carbocycles.